The summed E-state index contributed by atoms with van der Waals surface area (Å²) in [5.74, 6) is 0.316. The zero-order chi connectivity index (χ0) is 17.7. The van der Waals surface area contributed by atoms with Crippen LogP contribution in [0.1, 0.15) is 31.4 Å². The normalized spacial score (nSPS) is 16.8. The summed E-state index contributed by atoms with van der Waals surface area (Å²) in [6.07, 6.45) is 1.31. The van der Waals surface area contributed by atoms with Gasteiger partial charge in [0.15, 0.2) is 0 Å². The molecule has 0 bridgehead atoms. The predicted molar refractivity (Wildman–Crippen MR) is 103 cm³/mol. The summed E-state index contributed by atoms with van der Waals surface area (Å²) < 4.78 is 0. The maximum Gasteiger partial charge on any atom is 0.239 e. The molecule has 25 heavy (non-hydrogen) atoms. The average molecular weight is 368 g/mol. The van der Waals surface area contributed by atoms with Gasteiger partial charge < -0.3 is 15.5 Å². The number of amides is 2. The lowest BCUT2D eigenvalue weighted by Crippen LogP contribution is -2.55. The first-order chi connectivity index (χ1) is 11.4. The molecule has 2 unspecified atom stereocenters. The molecule has 2 atom stereocenters. The molecular formula is C19H30ClN3O2. The molecule has 1 aromatic rings. The van der Waals surface area contributed by atoms with Gasteiger partial charge in [-0.25, -0.2) is 0 Å². The molecular weight excluding hydrogens is 338 g/mol. The number of hydrogen-bond acceptors (Lipinski definition) is 3. The SMILES string of the molecule is CCC(C)C(N)C(=O)N1CCN(C(=O)Cc2ccccc2C)CC1.Cl. The lowest BCUT2D eigenvalue weighted by molar-refractivity contribution is -0.140. The molecule has 1 saturated heterocycles. The average Bonchev–Trinajstić information content (AvgIpc) is 2.61. The summed E-state index contributed by atoms with van der Waals surface area (Å²) in [7, 11) is 0. The fourth-order valence-electron chi connectivity index (χ4n) is 2.97. The van der Waals surface area contributed by atoms with Crippen molar-refractivity contribution in [3.63, 3.8) is 0 Å². The smallest absolute Gasteiger partial charge is 0.239 e. The van der Waals surface area contributed by atoms with E-state index in [9.17, 15) is 9.59 Å². The Kier molecular flexibility index (Phi) is 8.39. The summed E-state index contributed by atoms with van der Waals surface area (Å²) in [6, 6.07) is 7.52. The monoisotopic (exact) mass is 367 g/mol. The maximum absolute atomic E-state index is 12.5. The molecule has 5 nitrogen and oxygen atoms in total. The Bertz CT molecular complexity index is 586. The quantitative estimate of drug-likeness (QED) is 0.865. The number of hydrogen-bond donors (Lipinski definition) is 1. The van der Waals surface area contributed by atoms with Crippen LogP contribution in [0.25, 0.3) is 0 Å². The van der Waals surface area contributed by atoms with E-state index in [1.54, 1.807) is 4.90 Å². The largest absolute Gasteiger partial charge is 0.339 e. The summed E-state index contributed by atoms with van der Waals surface area (Å²) in [5.41, 5.74) is 8.25. The number of halogens is 1. The van der Waals surface area contributed by atoms with Crippen LogP contribution in [0.5, 0.6) is 0 Å². The third-order valence-corrected chi connectivity index (χ3v) is 5.09. The Hall–Kier alpha value is -1.59. The second-order valence-corrected chi connectivity index (χ2v) is 6.72. The van der Waals surface area contributed by atoms with Gasteiger partial charge >= 0.3 is 0 Å². The van der Waals surface area contributed by atoms with E-state index in [0.29, 0.717) is 32.6 Å². The molecule has 0 saturated carbocycles. The Morgan fingerprint density at radius 2 is 1.68 bits per heavy atom. The summed E-state index contributed by atoms with van der Waals surface area (Å²) in [4.78, 5) is 28.5. The van der Waals surface area contributed by atoms with E-state index in [-0.39, 0.29) is 30.1 Å². The molecule has 0 aliphatic carbocycles. The highest BCUT2D eigenvalue weighted by molar-refractivity contribution is 5.85. The molecule has 2 amide bonds. The van der Waals surface area contributed by atoms with Gasteiger partial charge in [0.05, 0.1) is 12.5 Å². The van der Waals surface area contributed by atoms with Gasteiger partial charge in [-0.15, -0.1) is 12.4 Å². The van der Waals surface area contributed by atoms with Crippen molar-refractivity contribution in [1.29, 1.82) is 0 Å². The van der Waals surface area contributed by atoms with Crippen molar-refractivity contribution in [2.24, 2.45) is 11.7 Å². The fraction of sp³-hybridized carbons (Fsp3) is 0.579. The zero-order valence-corrected chi connectivity index (χ0v) is 16.2. The Labute approximate surface area is 157 Å². The maximum atomic E-state index is 12.5. The number of aryl methyl sites for hydroxylation is 1. The highest BCUT2D eigenvalue weighted by atomic mass is 35.5. The van der Waals surface area contributed by atoms with E-state index in [4.69, 9.17) is 5.73 Å². The van der Waals surface area contributed by atoms with Crippen molar-refractivity contribution in [1.82, 2.24) is 9.80 Å². The van der Waals surface area contributed by atoms with Crippen molar-refractivity contribution in [3.8, 4) is 0 Å². The van der Waals surface area contributed by atoms with E-state index >= 15 is 0 Å². The van der Waals surface area contributed by atoms with Crippen LogP contribution in [0.4, 0.5) is 0 Å². The summed E-state index contributed by atoms with van der Waals surface area (Å²) in [6.45, 7) is 8.39. The predicted octanol–water partition coefficient (Wildman–Crippen LogP) is 2.00. The van der Waals surface area contributed by atoms with E-state index in [0.717, 1.165) is 17.5 Å². The third-order valence-electron chi connectivity index (χ3n) is 5.09. The van der Waals surface area contributed by atoms with Crippen molar-refractivity contribution in [3.05, 3.63) is 35.4 Å². The second-order valence-electron chi connectivity index (χ2n) is 6.72. The molecule has 0 aromatic heterocycles. The fourth-order valence-corrected chi connectivity index (χ4v) is 2.97. The van der Waals surface area contributed by atoms with Crippen LogP contribution in [0.15, 0.2) is 24.3 Å². The van der Waals surface area contributed by atoms with Crippen molar-refractivity contribution in [2.75, 3.05) is 26.2 Å². The number of rotatable bonds is 5. The molecule has 6 heteroatoms. The standard InChI is InChI=1S/C19H29N3O2.ClH/c1-4-14(2)18(20)19(24)22-11-9-21(10-12-22)17(23)13-16-8-6-5-7-15(16)3;/h5-8,14,18H,4,9-13,20H2,1-3H3;1H. The van der Waals surface area contributed by atoms with E-state index in [1.807, 2.05) is 49.9 Å². The highest BCUT2D eigenvalue weighted by Gasteiger charge is 2.29. The van der Waals surface area contributed by atoms with Gasteiger partial charge in [-0.2, -0.15) is 0 Å². The summed E-state index contributed by atoms with van der Waals surface area (Å²) in [5, 5.41) is 0. The van der Waals surface area contributed by atoms with E-state index < -0.39 is 6.04 Å². The molecule has 0 spiro atoms. The topological polar surface area (TPSA) is 66.6 Å². The first kappa shape index (κ1) is 21.5. The molecule has 1 heterocycles. The second kappa shape index (κ2) is 9.78. The number of benzene rings is 1. The number of nitrogens with two attached hydrogens (primary N) is 1. The van der Waals surface area contributed by atoms with Crippen LogP contribution < -0.4 is 5.73 Å². The van der Waals surface area contributed by atoms with E-state index in [2.05, 4.69) is 0 Å². The van der Waals surface area contributed by atoms with Crippen LogP contribution in [-0.2, 0) is 16.0 Å². The third kappa shape index (κ3) is 5.44. The molecule has 2 N–H and O–H groups in total. The molecule has 1 aliphatic heterocycles. The van der Waals surface area contributed by atoms with Gasteiger partial charge in [-0.3, -0.25) is 9.59 Å². The Balaban J connectivity index is 0.00000312. The van der Waals surface area contributed by atoms with Crippen LogP contribution in [0.2, 0.25) is 0 Å². The number of carbonyl (C=O) groups is 2. The first-order valence-corrected chi connectivity index (χ1v) is 8.80. The van der Waals surface area contributed by atoms with Crippen LogP contribution in [0, 0.1) is 12.8 Å². The molecule has 2 rings (SSSR count). The Morgan fingerprint density at radius 3 is 2.24 bits per heavy atom. The van der Waals surface area contributed by atoms with Crippen molar-refractivity contribution in [2.45, 2.75) is 39.7 Å². The minimum Gasteiger partial charge on any atom is -0.339 e. The van der Waals surface area contributed by atoms with Gasteiger partial charge in [-0.05, 0) is 24.0 Å². The zero-order valence-electron chi connectivity index (χ0n) is 15.4. The Morgan fingerprint density at radius 1 is 1.12 bits per heavy atom. The van der Waals surface area contributed by atoms with Crippen molar-refractivity contribution < 1.29 is 9.59 Å². The molecule has 1 fully saturated rings. The molecule has 1 aromatic carbocycles. The molecule has 0 radical (unpaired) electrons. The van der Waals surface area contributed by atoms with Gasteiger partial charge in [0, 0.05) is 26.2 Å². The van der Waals surface area contributed by atoms with Crippen LogP contribution >= 0.6 is 12.4 Å². The van der Waals surface area contributed by atoms with Crippen LogP contribution in [-0.4, -0.2) is 53.8 Å². The van der Waals surface area contributed by atoms with E-state index in [1.165, 1.54) is 0 Å². The minimum atomic E-state index is -0.441. The first-order valence-electron chi connectivity index (χ1n) is 8.80. The molecule has 140 valence electrons. The minimum absolute atomic E-state index is 0. The van der Waals surface area contributed by atoms with Gasteiger partial charge in [0.1, 0.15) is 0 Å². The summed E-state index contributed by atoms with van der Waals surface area (Å²) >= 11 is 0. The van der Waals surface area contributed by atoms with Gasteiger partial charge in [0.2, 0.25) is 11.8 Å². The van der Waals surface area contributed by atoms with Crippen molar-refractivity contribution >= 4 is 24.2 Å². The number of nitrogens with zero attached hydrogens (tertiary/aromatic N) is 2. The lowest BCUT2D eigenvalue weighted by Gasteiger charge is -2.36. The molecule has 1 aliphatic rings. The van der Waals surface area contributed by atoms with Gasteiger partial charge in [0.25, 0.3) is 0 Å². The number of carbonyl (C=O) groups excluding carboxylic acids is 2. The van der Waals surface area contributed by atoms with Crippen LogP contribution in [0.3, 0.4) is 0 Å². The highest BCUT2D eigenvalue weighted by Crippen LogP contribution is 2.13. The van der Waals surface area contributed by atoms with Gasteiger partial charge in [-0.1, -0.05) is 44.5 Å². The lowest BCUT2D eigenvalue weighted by atomic mass is 9.98. The number of piperazine rings is 1.